The Balaban J connectivity index is 1.67. The molecule has 1 atom stereocenters. The van der Waals surface area contributed by atoms with Crippen LogP contribution >= 0.6 is 11.3 Å². The van der Waals surface area contributed by atoms with Gasteiger partial charge in [0.05, 0.1) is 5.69 Å². The van der Waals surface area contributed by atoms with Gasteiger partial charge in [-0.1, -0.05) is 19.1 Å². The summed E-state index contributed by atoms with van der Waals surface area (Å²) < 4.78 is 38.2. The van der Waals surface area contributed by atoms with Crippen LogP contribution < -0.4 is 5.32 Å². The van der Waals surface area contributed by atoms with Crippen LogP contribution in [0.2, 0.25) is 0 Å². The minimum atomic E-state index is -4.28. The lowest BCUT2D eigenvalue weighted by Crippen LogP contribution is -2.39. The van der Waals surface area contributed by atoms with Gasteiger partial charge in [-0.25, -0.2) is 4.98 Å². The molecule has 1 fully saturated rings. The predicted molar refractivity (Wildman–Crippen MR) is 101 cm³/mol. The molecule has 27 heavy (non-hydrogen) atoms. The average molecular weight is 399 g/mol. The molecule has 1 N–H and O–H groups in total. The molecule has 3 rings (SSSR count). The van der Waals surface area contributed by atoms with Crippen molar-refractivity contribution in [2.45, 2.75) is 51.7 Å². The SMILES string of the molecule is CCN1CCCC1CNC(=O)c1sc(C2=CC=C(C(F)(F)F)CC2)nc1C. The molecule has 148 valence electrons. The first-order chi connectivity index (χ1) is 12.8. The first-order valence-electron chi connectivity index (χ1n) is 9.26. The first kappa shape index (κ1) is 20.1. The molecule has 2 heterocycles. The van der Waals surface area contributed by atoms with Crippen LogP contribution in [-0.2, 0) is 0 Å². The molecule has 1 saturated heterocycles. The maximum atomic E-state index is 12.7. The number of alkyl halides is 3. The molecule has 0 spiro atoms. The second kappa shape index (κ2) is 8.14. The number of rotatable bonds is 5. The molecule has 0 radical (unpaired) electrons. The van der Waals surface area contributed by atoms with Crippen LogP contribution in [0.25, 0.3) is 5.57 Å². The lowest BCUT2D eigenvalue weighted by atomic mass is 9.98. The van der Waals surface area contributed by atoms with E-state index in [2.05, 4.69) is 22.1 Å². The van der Waals surface area contributed by atoms with Gasteiger partial charge in [-0.05, 0) is 51.3 Å². The first-order valence-corrected chi connectivity index (χ1v) is 10.1. The lowest BCUT2D eigenvalue weighted by Gasteiger charge is -2.22. The van der Waals surface area contributed by atoms with E-state index in [1.54, 1.807) is 6.92 Å². The van der Waals surface area contributed by atoms with E-state index in [9.17, 15) is 18.0 Å². The van der Waals surface area contributed by atoms with Crippen LogP contribution in [0.4, 0.5) is 13.2 Å². The topological polar surface area (TPSA) is 45.2 Å². The average Bonchev–Trinajstić information content (AvgIpc) is 3.25. The number of halogens is 3. The number of hydrogen-bond donors (Lipinski definition) is 1. The van der Waals surface area contributed by atoms with Crippen LogP contribution in [0.5, 0.6) is 0 Å². The van der Waals surface area contributed by atoms with E-state index < -0.39 is 11.7 Å². The van der Waals surface area contributed by atoms with E-state index in [-0.39, 0.29) is 18.7 Å². The van der Waals surface area contributed by atoms with E-state index in [0.29, 0.717) is 28.2 Å². The van der Waals surface area contributed by atoms with E-state index >= 15 is 0 Å². The second-order valence-electron chi connectivity index (χ2n) is 6.95. The third-order valence-electron chi connectivity index (χ3n) is 5.19. The Labute approximate surface area is 161 Å². The minimum absolute atomic E-state index is 0.0516. The van der Waals surface area contributed by atoms with Crippen molar-refractivity contribution < 1.29 is 18.0 Å². The van der Waals surface area contributed by atoms with Crippen molar-refractivity contribution in [3.63, 3.8) is 0 Å². The minimum Gasteiger partial charge on any atom is -0.350 e. The molecule has 1 unspecified atom stereocenters. The summed E-state index contributed by atoms with van der Waals surface area (Å²) in [6, 6.07) is 0.374. The van der Waals surface area contributed by atoms with Crippen LogP contribution in [0.3, 0.4) is 0 Å². The number of nitrogens with one attached hydrogen (secondary N) is 1. The number of hydrogen-bond acceptors (Lipinski definition) is 4. The van der Waals surface area contributed by atoms with Crippen LogP contribution in [-0.4, -0.2) is 47.6 Å². The van der Waals surface area contributed by atoms with Crippen molar-refractivity contribution in [3.8, 4) is 0 Å². The molecular formula is C19H24F3N3OS. The van der Waals surface area contributed by atoms with E-state index in [1.165, 1.54) is 17.4 Å². The molecule has 2 aliphatic rings. The van der Waals surface area contributed by atoms with Gasteiger partial charge in [0.15, 0.2) is 0 Å². The number of amides is 1. The number of aromatic nitrogens is 1. The van der Waals surface area contributed by atoms with Gasteiger partial charge >= 0.3 is 6.18 Å². The Morgan fingerprint density at radius 3 is 2.78 bits per heavy atom. The number of likely N-dealkylation sites (tertiary alicyclic amines) is 1. The van der Waals surface area contributed by atoms with Gasteiger partial charge in [0, 0.05) is 18.2 Å². The van der Waals surface area contributed by atoms with E-state index in [1.807, 2.05) is 0 Å². The number of carbonyl (C=O) groups excluding carboxylic acids is 1. The third kappa shape index (κ3) is 4.60. The Morgan fingerprint density at radius 1 is 1.37 bits per heavy atom. The Kier molecular flexibility index (Phi) is 6.05. The molecule has 0 aromatic carbocycles. The highest BCUT2D eigenvalue weighted by atomic mass is 32.1. The highest BCUT2D eigenvalue weighted by Crippen LogP contribution is 2.37. The molecular weight excluding hydrogens is 375 g/mol. The number of likely N-dealkylation sites (N-methyl/N-ethyl adjacent to an activating group) is 1. The summed E-state index contributed by atoms with van der Waals surface area (Å²) in [6.07, 6.45) is 0.787. The van der Waals surface area contributed by atoms with Gasteiger partial charge in [0.2, 0.25) is 0 Å². The van der Waals surface area contributed by atoms with Crippen molar-refractivity contribution >= 4 is 22.8 Å². The standard InChI is InChI=1S/C19H24F3N3OS/c1-3-25-10-4-5-15(25)11-23-17(26)16-12(2)24-18(27-16)13-6-8-14(9-7-13)19(20,21)22/h6,8,15H,3-5,7,9-11H2,1-2H3,(H,23,26). The summed E-state index contributed by atoms with van der Waals surface area (Å²) in [5.41, 5.74) is 0.857. The van der Waals surface area contributed by atoms with Crippen molar-refractivity contribution in [2.75, 3.05) is 19.6 Å². The number of allylic oxidation sites excluding steroid dienone is 4. The number of aryl methyl sites for hydroxylation is 1. The smallest absolute Gasteiger partial charge is 0.350 e. The quantitative estimate of drug-likeness (QED) is 0.802. The third-order valence-corrected chi connectivity index (χ3v) is 6.43. The van der Waals surface area contributed by atoms with Crippen molar-refractivity contribution in [3.05, 3.63) is 33.3 Å². The summed E-state index contributed by atoms with van der Waals surface area (Å²) >= 11 is 1.26. The Morgan fingerprint density at radius 2 is 2.15 bits per heavy atom. The molecule has 1 amide bonds. The zero-order valence-electron chi connectivity index (χ0n) is 15.5. The van der Waals surface area contributed by atoms with Gasteiger partial charge in [0.25, 0.3) is 5.91 Å². The maximum Gasteiger partial charge on any atom is 0.412 e. The predicted octanol–water partition coefficient (Wildman–Crippen LogP) is 4.33. The van der Waals surface area contributed by atoms with Gasteiger partial charge in [-0.2, -0.15) is 13.2 Å². The highest BCUT2D eigenvalue weighted by Gasteiger charge is 2.34. The molecule has 8 heteroatoms. The van der Waals surface area contributed by atoms with Crippen LogP contribution in [0, 0.1) is 6.92 Å². The molecule has 0 bridgehead atoms. The zero-order valence-corrected chi connectivity index (χ0v) is 16.3. The summed E-state index contributed by atoms with van der Waals surface area (Å²) in [5, 5.41) is 3.63. The monoisotopic (exact) mass is 399 g/mol. The van der Waals surface area contributed by atoms with Gasteiger partial charge in [-0.15, -0.1) is 11.3 Å². The molecule has 1 aromatic rings. The normalized spacial score (nSPS) is 21.1. The fraction of sp³-hybridized carbons (Fsp3) is 0.579. The summed E-state index contributed by atoms with van der Waals surface area (Å²) in [6.45, 7) is 6.55. The largest absolute Gasteiger partial charge is 0.412 e. The fourth-order valence-corrected chi connectivity index (χ4v) is 4.66. The Bertz CT molecular complexity index is 767. The molecule has 4 nitrogen and oxygen atoms in total. The van der Waals surface area contributed by atoms with Gasteiger partial charge in [0.1, 0.15) is 9.88 Å². The summed E-state index contributed by atoms with van der Waals surface area (Å²) in [4.78, 5) is 19.9. The van der Waals surface area contributed by atoms with Crippen LogP contribution in [0.15, 0.2) is 17.7 Å². The molecule has 0 saturated carbocycles. The summed E-state index contributed by atoms with van der Waals surface area (Å²) in [7, 11) is 0. The molecule has 1 aromatic heterocycles. The fourth-order valence-electron chi connectivity index (χ4n) is 3.63. The lowest BCUT2D eigenvalue weighted by molar-refractivity contribution is -0.0939. The highest BCUT2D eigenvalue weighted by molar-refractivity contribution is 7.14. The number of thiazole rings is 1. The second-order valence-corrected chi connectivity index (χ2v) is 7.95. The summed E-state index contributed by atoms with van der Waals surface area (Å²) in [5.74, 6) is -0.151. The van der Waals surface area contributed by atoms with Crippen molar-refractivity contribution in [1.29, 1.82) is 0 Å². The van der Waals surface area contributed by atoms with Crippen LogP contribution in [0.1, 0.15) is 53.0 Å². The van der Waals surface area contributed by atoms with Gasteiger partial charge < -0.3 is 5.32 Å². The van der Waals surface area contributed by atoms with Crippen molar-refractivity contribution in [2.24, 2.45) is 0 Å². The van der Waals surface area contributed by atoms with Crippen molar-refractivity contribution in [1.82, 2.24) is 15.2 Å². The van der Waals surface area contributed by atoms with E-state index in [4.69, 9.17) is 0 Å². The molecule has 1 aliphatic heterocycles. The van der Waals surface area contributed by atoms with E-state index in [0.717, 1.165) is 37.6 Å². The number of carbonyl (C=O) groups is 1. The molecule has 1 aliphatic carbocycles. The Hall–Kier alpha value is -1.67. The number of nitrogens with zero attached hydrogens (tertiary/aromatic N) is 2. The maximum absolute atomic E-state index is 12.7. The zero-order chi connectivity index (χ0) is 19.6. The van der Waals surface area contributed by atoms with Gasteiger partial charge in [-0.3, -0.25) is 9.69 Å².